The highest BCUT2D eigenvalue weighted by Crippen LogP contribution is 2.30. The summed E-state index contributed by atoms with van der Waals surface area (Å²) in [5.74, 6) is 1.06. The van der Waals surface area contributed by atoms with E-state index in [1.807, 2.05) is 24.3 Å². The molecule has 27 heavy (non-hydrogen) atoms. The number of amides is 3. The van der Waals surface area contributed by atoms with Gasteiger partial charge < -0.3 is 25.8 Å². The third-order valence-corrected chi connectivity index (χ3v) is 4.43. The van der Waals surface area contributed by atoms with Crippen LogP contribution >= 0.6 is 11.6 Å². The van der Waals surface area contributed by atoms with E-state index in [1.54, 1.807) is 24.3 Å². The highest BCUT2D eigenvalue weighted by molar-refractivity contribution is 6.31. The van der Waals surface area contributed by atoms with Gasteiger partial charge in [-0.15, -0.1) is 0 Å². The van der Waals surface area contributed by atoms with Gasteiger partial charge in [0.15, 0.2) is 11.5 Å². The molecular formula is C19H20ClN3O4. The predicted molar refractivity (Wildman–Crippen MR) is 101 cm³/mol. The minimum atomic E-state index is -0.728. The quantitative estimate of drug-likeness (QED) is 0.705. The molecule has 0 fully saturated rings. The number of para-hydroxylation sites is 2. The number of primary amides is 1. The van der Waals surface area contributed by atoms with E-state index in [1.165, 1.54) is 0 Å². The number of carbonyl (C=O) groups is 2. The van der Waals surface area contributed by atoms with Crippen LogP contribution in [0.3, 0.4) is 0 Å². The highest BCUT2D eigenvalue weighted by atomic mass is 35.5. The predicted octanol–water partition coefficient (Wildman–Crippen LogP) is 2.40. The molecule has 0 saturated heterocycles. The second kappa shape index (κ2) is 8.64. The Morgan fingerprint density at radius 1 is 1.15 bits per heavy atom. The van der Waals surface area contributed by atoms with Gasteiger partial charge in [0.1, 0.15) is 12.7 Å². The fraction of sp³-hybridized carbons (Fsp3) is 0.263. The second-order valence-corrected chi connectivity index (χ2v) is 6.50. The Kier molecular flexibility index (Phi) is 6.03. The first-order chi connectivity index (χ1) is 13.0. The van der Waals surface area contributed by atoms with Crippen LogP contribution in [-0.2, 0) is 4.79 Å². The lowest BCUT2D eigenvalue weighted by atomic mass is 10.0. The lowest BCUT2D eigenvalue weighted by Gasteiger charge is -2.27. The summed E-state index contributed by atoms with van der Waals surface area (Å²) in [6.07, 6.45) is -0.302. The van der Waals surface area contributed by atoms with E-state index >= 15 is 0 Å². The zero-order valence-electron chi connectivity index (χ0n) is 14.5. The monoisotopic (exact) mass is 389 g/mol. The van der Waals surface area contributed by atoms with Gasteiger partial charge >= 0.3 is 6.03 Å². The standard InChI is InChI=1S/C19H20ClN3O4/c20-14-6-2-1-5-13(14)15(23-19(21)25)9-18(24)22-10-12-11-26-16-7-3-4-8-17(16)27-12/h1-8,12,15H,9-11H2,(H,22,24)(H3,21,23,25). The molecule has 2 unspecified atom stereocenters. The van der Waals surface area contributed by atoms with Gasteiger partial charge in [-0.3, -0.25) is 4.79 Å². The maximum absolute atomic E-state index is 12.4. The van der Waals surface area contributed by atoms with Crippen LogP contribution in [0.25, 0.3) is 0 Å². The normalized spacial score (nSPS) is 16.3. The van der Waals surface area contributed by atoms with Gasteiger partial charge in [0.25, 0.3) is 0 Å². The number of halogens is 1. The number of hydrogen-bond donors (Lipinski definition) is 3. The van der Waals surface area contributed by atoms with Gasteiger partial charge in [-0.2, -0.15) is 0 Å². The molecule has 2 atom stereocenters. The van der Waals surface area contributed by atoms with Crippen LogP contribution in [0.5, 0.6) is 11.5 Å². The van der Waals surface area contributed by atoms with Crippen molar-refractivity contribution in [2.24, 2.45) is 5.73 Å². The van der Waals surface area contributed by atoms with Gasteiger partial charge in [-0.25, -0.2) is 4.79 Å². The lowest BCUT2D eigenvalue weighted by molar-refractivity contribution is -0.122. The highest BCUT2D eigenvalue weighted by Gasteiger charge is 2.23. The van der Waals surface area contributed by atoms with E-state index in [2.05, 4.69) is 10.6 Å². The van der Waals surface area contributed by atoms with Crippen molar-refractivity contribution in [3.63, 3.8) is 0 Å². The molecule has 3 rings (SSSR count). The topological polar surface area (TPSA) is 103 Å². The number of benzene rings is 2. The molecule has 0 aromatic heterocycles. The zero-order chi connectivity index (χ0) is 19.2. The Bertz CT molecular complexity index is 830. The van der Waals surface area contributed by atoms with Crippen LogP contribution in [0.4, 0.5) is 4.79 Å². The molecule has 0 bridgehead atoms. The minimum absolute atomic E-state index is 0.00314. The van der Waals surface area contributed by atoms with E-state index in [9.17, 15) is 9.59 Å². The molecule has 0 saturated carbocycles. The van der Waals surface area contributed by atoms with E-state index < -0.39 is 12.1 Å². The van der Waals surface area contributed by atoms with Gasteiger partial charge in [-0.1, -0.05) is 41.9 Å². The summed E-state index contributed by atoms with van der Waals surface area (Å²) in [7, 11) is 0. The Hall–Kier alpha value is -2.93. The largest absolute Gasteiger partial charge is 0.486 e. The van der Waals surface area contributed by atoms with Crippen molar-refractivity contribution in [3.8, 4) is 11.5 Å². The van der Waals surface area contributed by atoms with Crippen LogP contribution in [0.2, 0.25) is 5.02 Å². The average Bonchev–Trinajstić information content (AvgIpc) is 2.66. The Balaban J connectivity index is 1.57. The zero-order valence-corrected chi connectivity index (χ0v) is 15.2. The van der Waals surface area contributed by atoms with E-state index in [0.717, 1.165) is 0 Å². The number of carbonyl (C=O) groups excluding carboxylic acids is 2. The van der Waals surface area contributed by atoms with Crippen LogP contribution in [0.1, 0.15) is 18.0 Å². The number of rotatable bonds is 6. The molecule has 0 aliphatic carbocycles. The van der Waals surface area contributed by atoms with E-state index in [-0.39, 0.29) is 25.0 Å². The molecule has 3 amide bonds. The molecule has 2 aromatic rings. The fourth-order valence-corrected chi connectivity index (χ4v) is 3.08. The number of ether oxygens (including phenoxy) is 2. The van der Waals surface area contributed by atoms with Crippen molar-refractivity contribution in [1.82, 2.24) is 10.6 Å². The molecular weight excluding hydrogens is 370 g/mol. The number of hydrogen-bond acceptors (Lipinski definition) is 4. The van der Waals surface area contributed by atoms with E-state index in [0.29, 0.717) is 28.7 Å². The van der Waals surface area contributed by atoms with Crippen LogP contribution in [-0.4, -0.2) is 31.2 Å². The molecule has 142 valence electrons. The SMILES string of the molecule is NC(=O)NC(CC(=O)NCC1COc2ccccc2O1)c1ccccc1Cl. The molecule has 1 aliphatic heterocycles. The van der Waals surface area contributed by atoms with Gasteiger partial charge in [0.05, 0.1) is 19.0 Å². The fourth-order valence-electron chi connectivity index (χ4n) is 2.82. The first-order valence-corrected chi connectivity index (χ1v) is 8.86. The third-order valence-electron chi connectivity index (χ3n) is 4.08. The first-order valence-electron chi connectivity index (χ1n) is 8.48. The third kappa shape index (κ3) is 5.04. The summed E-state index contributed by atoms with van der Waals surface area (Å²) >= 11 is 6.17. The molecule has 1 heterocycles. The minimum Gasteiger partial charge on any atom is -0.486 e. The summed E-state index contributed by atoms with van der Waals surface area (Å²) in [5.41, 5.74) is 5.86. The molecule has 4 N–H and O–H groups in total. The van der Waals surface area contributed by atoms with Crippen LogP contribution in [0.15, 0.2) is 48.5 Å². The van der Waals surface area contributed by atoms with Crippen LogP contribution < -0.4 is 25.8 Å². The van der Waals surface area contributed by atoms with Gasteiger partial charge in [-0.05, 0) is 23.8 Å². The molecule has 0 spiro atoms. The van der Waals surface area contributed by atoms with Crippen molar-refractivity contribution >= 4 is 23.5 Å². The smallest absolute Gasteiger partial charge is 0.312 e. The number of nitrogens with one attached hydrogen (secondary N) is 2. The number of urea groups is 1. The summed E-state index contributed by atoms with van der Waals surface area (Å²) < 4.78 is 11.4. The second-order valence-electron chi connectivity index (χ2n) is 6.09. The molecule has 0 radical (unpaired) electrons. The Labute approximate surface area is 161 Å². The van der Waals surface area contributed by atoms with E-state index in [4.69, 9.17) is 26.8 Å². The van der Waals surface area contributed by atoms with Gasteiger partial charge in [0, 0.05) is 5.02 Å². The molecule has 1 aliphatic rings. The van der Waals surface area contributed by atoms with Crippen molar-refractivity contribution in [2.75, 3.05) is 13.2 Å². The van der Waals surface area contributed by atoms with Crippen molar-refractivity contribution in [2.45, 2.75) is 18.6 Å². The molecule has 2 aromatic carbocycles. The Morgan fingerprint density at radius 2 is 1.85 bits per heavy atom. The van der Waals surface area contributed by atoms with Crippen LogP contribution in [0, 0.1) is 0 Å². The average molecular weight is 390 g/mol. The van der Waals surface area contributed by atoms with Crippen molar-refractivity contribution in [3.05, 3.63) is 59.1 Å². The number of nitrogens with two attached hydrogens (primary N) is 1. The van der Waals surface area contributed by atoms with Crippen molar-refractivity contribution < 1.29 is 19.1 Å². The maximum Gasteiger partial charge on any atom is 0.312 e. The Morgan fingerprint density at radius 3 is 2.59 bits per heavy atom. The first kappa shape index (κ1) is 18.8. The molecule has 7 nitrogen and oxygen atoms in total. The lowest BCUT2D eigenvalue weighted by Crippen LogP contribution is -2.42. The summed E-state index contributed by atoms with van der Waals surface area (Å²) in [4.78, 5) is 23.7. The summed E-state index contributed by atoms with van der Waals surface area (Å²) in [5, 5.41) is 5.80. The van der Waals surface area contributed by atoms with Gasteiger partial charge in [0.2, 0.25) is 5.91 Å². The van der Waals surface area contributed by atoms with Crippen molar-refractivity contribution in [1.29, 1.82) is 0 Å². The summed E-state index contributed by atoms with van der Waals surface area (Å²) in [6.45, 7) is 0.615. The number of fused-ring (bicyclic) bond motifs is 1. The molecule has 8 heteroatoms. The maximum atomic E-state index is 12.4. The summed E-state index contributed by atoms with van der Waals surface area (Å²) in [6, 6.07) is 13.0.